The van der Waals surface area contributed by atoms with Crippen molar-refractivity contribution in [3.8, 4) is 0 Å². The van der Waals surface area contributed by atoms with Crippen LogP contribution in [-0.4, -0.2) is 44.7 Å². The molecule has 0 aliphatic heterocycles. The van der Waals surface area contributed by atoms with E-state index in [0.29, 0.717) is 19.1 Å². The Morgan fingerprint density at radius 3 is 2.75 bits per heavy atom. The highest BCUT2D eigenvalue weighted by molar-refractivity contribution is 7.89. The van der Waals surface area contributed by atoms with E-state index in [0.717, 1.165) is 12.8 Å². The molecule has 0 bridgehead atoms. The monoisotopic (exact) mass is 246 g/mol. The fraction of sp³-hybridized carbons (Fsp3) is 0.818. The molecule has 1 aliphatic rings. The molecule has 0 amide bonds. The third kappa shape index (κ3) is 5.09. The first-order chi connectivity index (χ1) is 7.56. The smallest absolute Gasteiger partial charge is 0.215 e. The highest BCUT2D eigenvalue weighted by Crippen LogP contribution is 2.18. The molecule has 5 heteroatoms. The van der Waals surface area contributed by atoms with Crippen LogP contribution in [0.4, 0.5) is 0 Å². The number of sulfonamides is 1. The molecular formula is C11H22N2O2S. The zero-order chi connectivity index (χ0) is 12.0. The van der Waals surface area contributed by atoms with Crippen LogP contribution in [0.1, 0.15) is 25.7 Å². The van der Waals surface area contributed by atoms with Crippen LogP contribution in [0.25, 0.3) is 0 Å². The van der Waals surface area contributed by atoms with Gasteiger partial charge in [0.2, 0.25) is 10.0 Å². The minimum atomic E-state index is -3.07. The van der Waals surface area contributed by atoms with Crippen molar-refractivity contribution >= 4 is 10.0 Å². The number of hydrogen-bond donors (Lipinski definition) is 1. The van der Waals surface area contributed by atoms with Gasteiger partial charge in [-0.3, -0.25) is 0 Å². The summed E-state index contributed by atoms with van der Waals surface area (Å²) in [7, 11) is -1.42. The van der Waals surface area contributed by atoms with Gasteiger partial charge in [-0.1, -0.05) is 6.08 Å². The minimum Gasteiger partial charge on any atom is -0.313 e. The van der Waals surface area contributed by atoms with Crippen molar-refractivity contribution in [2.45, 2.75) is 31.7 Å². The Bertz CT molecular complexity index is 310. The van der Waals surface area contributed by atoms with Crippen molar-refractivity contribution < 1.29 is 8.42 Å². The second kappa shape index (κ2) is 6.37. The molecule has 16 heavy (non-hydrogen) atoms. The topological polar surface area (TPSA) is 49.4 Å². The minimum absolute atomic E-state index is 0.202. The Kier molecular flexibility index (Phi) is 5.44. The maximum absolute atomic E-state index is 11.8. The fourth-order valence-electron chi connectivity index (χ4n) is 1.43. The predicted molar refractivity (Wildman–Crippen MR) is 66.9 cm³/mol. The Morgan fingerprint density at radius 2 is 2.19 bits per heavy atom. The van der Waals surface area contributed by atoms with Gasteiger partial charge in [0, 0.05) is 26.2 Å². The molecular weight excluding hydrogens is 224 g/mol. The lowest BCUT2D eigenvalue weighted by Gasteiger charge is -2.16. The van der Waals surface area contributed by atoms with E-state index in [1.807, 2.05) is 6.08 Å². The number of nitrogens with zero attached hydrogens (tertiary/aromatic N) is 1. The summed E-state index contributed by atoms with van der Waals surface area (Å²) in [5.74, 6) is 0.202. The van der Waals surface area contributed by atoms with E-state index < -0.39 is 10.0 Å². The molecule has 0 saturated heterocycles. The second-order valence-electron chi connectivity index (χ2n) is 4.30. The zero-order valence-electron chi connectivity index (χ0n) is 9.98. The van der Waals surface area contributed by atoms with E-state index in [1.165, 1.54) is 17.1 Å². The molecule has 1 fully saturated rings. The number of nitrogens with one attached hydrogen (secondary N) is 1. The molecule has 0 radical (unpaired) electrons. The standard InChI is InChI=1S/C11H22N2O2S/c1-3-4-5-9-13(2)16(14,15)10-8-12-11-6-7-11/h3,11-12H,1,4-10H2,2H3. The first kappa shape index (κ1) is 13.7. The highest BCUT2D eigenvalue weighted by atomic mass is 32.2. The fourth-order valence-corrected chi connectivity index (χ4v) is 2.53. The highest BCUT2D eigenvalue weighted by Gasteiger charge is 2.22. The van der Waals surface area contributed by atoms with Gasteiger partial charge in [0.15, 0.2) is 0 Å². The Balaban J connectivity index is 2.20. The SMILES string of the molecule is C=CCCCN(C)S(=O)(=O)CCNC1CC1. The van der Waals surface area contributed by atoms with Crippen molar-refractivity contribution in [3.05, 3.63) is 12.7 Å². The van der Waals surface area contributed by atoms with Crippen molar-refractivity contribution in [1.29, 1.82) is 0 Å². The lowest BCUT2D eigenvalue weighted by molar-refractivity contribution is 0.461. The molecule has 4 nitrogen and oxygen atoms in total. The van der Waals surface area contributed by atoms with Crippen LogP contribution in [0.15, 0.2) is 12.7 Å². The molecule has 1 N–H and O–H groups in total. The summed E-state index contributed by atoms with van der Waals surface area (Å²) in [5, 5.41) is 3.21. The van der Waals surface area contributed by atoms with E-state index in [4.69, 9.17) is 0 Å². The van der Waals surface area contributed by atoms with Crippen molar-refractivity contribution in [1.82, 2.24) is 9.62 Å². The van der Waals surface area contributed by atoms with Gasteiger partial charge in [-0.25, -0.2) is 12.7 Å². The van der Waals surface area contributed by atoms with Crippen molar-refractivity contribution in [3.63, 3.8) is 0 Å². The van der Waals surface area contributed by atoms with Gasteiger partial charge in [0.05, 0.1) is 5.75 Å². The zero-order valence-corrected chi connectivity index (χ0v) is 10.8. The maximum atomic E-state index is 11.8. The summed E-state index contributed by atoms with van der Waals surface area (Å²) in [4.78, 5) is 0. The van der Waals surface area contributed by atoms with Crippen molar-refractivity contribution in [2.24, 2.45) is 0 Å². The van der Waals surface area contributed by atoms with Crippen LogP contribution >= 0.6 is 0 Å². The Labute approximate surface area is 98.8 Å². The van der Waals surface area contributed by atoms with Gasteiger partial charge < -0.3 is 5.32 Å². The van der Waals surface area contributed by atoms with Crippen molar-refractivity contribution in [2.75, 3.05) is 25.9 Å². The summed E-state index contributed by atoms with van der Waals surface area (Å²) in [5.41, 5.74) is 0. The normalized spacial score (nSPS) is 16.6. The van der Waals surface area contributed by atoms with Gasteiger partial charge in [-0.05, 0) is 25.7 Å². The average molecular weight is 246 g/mol. The van der Waals surface area contributed by atoms with E-state index in [1.54, 1.807) is 7.05 Å². The third-order valence-corrected chi connectivity index (χ3v) is 4.58. The van der Waals surface area contributed by atoms with Gasteiger partial charge in [0.25, 0.3) is 0 Å². The van der Waals surface area contributed by atoms with Gasteiger partial charge >= 0.3 is 0 Å². The molecule has 0 aromatic carbocycles. The molecule has 0 atom stereocenters. The Morgan fingerprint density at radius 1 is 1.50 bits per heavy atom. The number of rotatable bonds is 9. The summed E-state index contributed by atoms with van der Waals surface area (Å²) >= 11 is 0. The summed E-state index contributed by atoms with van der Waals surface area (Å²) in [6, 6.07) is 0.571. The quantitative estimate of drug-likeness (QED) is 0.487. The van der Waals surface area contributed by atoms with Crippen LogP contribution in [0.2, 0.25) is 0 Å². The van der Waals surface area contributed by atoms with E-state index in [9.17, 15) is 8.42 Å². The molecule has 0 unspecified atom stereocenters. The van der Waals surface area contributed by atoms with Crippen LogP contribution in [0, 0.1) is 0 Å². The number of unbranched alkanes of at least 4 members (excludes halogenated alkanes) is 1. The summed E-state index contributed by atoms with van der Waals surface area (Å²) in [6.07, 6.45) is 5.90. The molecule has 0 spiro atoms. The molecule has 0 heterocycles. The van der Waals surface area contributed by atoms with E-state index in [-0.39, 0.29) is 5.75 Å². The molecule has 0 aromatic heterocycles. The number of hydrogen-bond acceptors (Lipinski definition) is 3. The molecule has 1 rings (SSSR count). The molecule has 1 aliphatic carbocycles. The largest absolute Gasteiger partial charge is 0.313 e. The first-order valence-corrected chi connectivity index (χ1v) is 7.45. The van der Waals surface area contributed by atoms with Gasteiger partial charge in [-0.15, -0.1) is 6.58 Å². The van der Waals surface area contributed by atoms with Gasteiger partial charge in [-0.2, -0.15) is 0 Å². The Hall–Kier alpha value is -0.390. The molecule has 94 valence electrons. The molecule has 1 saturated carbocycles. The van der Waals surface area contributed by atoms with Gasteiger partial charge in [0.1, 0.15) is 0 Å². The first-order valence-electron chi connectivity index (χ1n) is 5.84. The lowest BCUT2D eigenvalue weighted by atomic mass is 10.3. The molecule has 0 aromatic rings. The number of allylic oxidation sites excluding steroid dienone is 1. The van der Waals surface area contributed by atoms with Crippen LogP contribution < -0.4 is 5.32 Å². The van der Waals surface area contributed by atoms with E-state index in [2.05, 4.69) is 11.9 Å². The lowest BCUT2D eigenvalue weighted by Crippen LogP contribution is -2.34. The summed E-state index contributed by atoms with van der Waals surface area (Å²) < 4.78 is 25.0. The predicted octanol–water partition coefficient (Wildman–Crippen LogP) is 0.966. The van der Waals surface area contributed by atoms with Crippen LogP contribution in [0.5, 0.6) is 0 Å². The summed E-state index contributed by atoms with van der Waals surface area (Å²) in [6.45, 7) is 4.77. The van der Waals surface area contributed by atoms with Crippen LogP contribution in [-0.2, 0) is 10.0 Å². The van der Waals surface area contributed by atoms with Crippen LogP contribution in [0.3, 0.4) is 0 Å². The maximum Gasteiger partial charge on any atom is 0.215 e. The third-order valence-electron chi connectivity index (χ3n) is 2.73. The average Bonchev–Trinajstić information content (AvgIpc) is 3.01. The van der Waals surface area contributed by atoms with E-state index >= 15 is 0 Å². The second-order valence-corrected chi connectivity index (χ2v) is 6.49.